The van der Waals surface area contributed by atoms with Crippen LogP contribution in [0.1, 0.15) is 16.2 Å². The molecular formula is C23H18N4O3. The summed E-state index contributed by atoms with van der Waals surface area (Å²) in [6, 6.07) is 19.1. The molecule has 2 N–H and O–H groups in total. The molecule has 148 valence electrons. The highest BCUT2D eigenvalue weighted by Gasteiger charge is 2.20. The van der Waals surface area contributed by atoms with E-state index in [0.717, 1.165) is 33.8 Å². The summed E-state index contributed by atoms with van der Waals surface area (Å²) < 4.78 is 10.8. The number of methoxy groups -OCH3 is 1. The maximum absolute atomic E-state index is 12.6. The summed E-state index contributed by atoms with van der Waals surface area (Å²) in [5.74, 6) is 1.45. The van der Waals surface area contributed by atoms with Crippen molar-refractivity contribution in [3.8, 4) is 28.3 Å². The molecule has 4 aromatic rings. The molecule has 2 heterocycles. The van der Waals surface area contributed by atoms with E-state index in [2.05, 4.69) is 20.8 Å². The lowest BCUT2D eigenvalue weighted by Gasteiger charge is -2.12. The quantitative estimate of drug-likeness (QED) is 0.503. The van der Waals surface area contributed by atoms with Gasteiger partial charge in [0.15, 0.2) is 5.82 Å². The Labute approximate surface area is 172 Å². The van der Waals surface area contributed by atoms with Crippen LogP contribution < -0.4 is 15.4 Å². The van der Waals surface area contributed by atoms with E-state index in [-0.39, 0.29) is 5.91 Å². The predicted octanol–water partition coefficient (Wildman–Crippen LogP) is 5.03. The van der Waals surface area contributed by atoms with Gasteiger partial charge >= 0.3 is 0 Å². The molecule has 5 rings (SSSR count). The van der Waals surface area contributed by atoms with Crippen LogP contribution in [0.3, 0.4) is 0 Å². The van der Waals surface area contributed by atoms with E-state index in [1.807, 2.05) is 60.7 Å². The van der Waals surface area contributed by atoms with Crippen molar-refractivity contribution >= 4 is 23.0 Å². The van der Waals surface area contributed by atoms with Crippen LogP contribution in [0.2, 0.25) is 0 Å². The van der Waals surface area contributed by atoms with Crippen LogP contribution in [0.5, 0.6) is 5.75 Å². The van der Waals surface area contributed by atoms with Crippen molar-refractivity contribution in [2.75, 3.05) is 17.7 Å². The number of hydrogen-bond donors (Lipinski definition) is 2. The SMILES string of the molecule is COc1cc(-c2ccc3c(c2)Nc2ccccc2NC3=O)ccc1-c1nc(C)no1. The largest absolute Gasteiger partial charge is 0.496 e. The zero-order valence-electron chi connectivity index (χ0n) is 16.4. The zero-order chi connectivity index (χ0) is 20.7. The van der Waals surface area contributed by atoms with Crippen molar-refractivity contribution in [3.05, 3.63) is 72.1 Å². The predicted molar refractivity (Wildman–Crippen MR) is 114 cm³/mol. The first-order valence-corrected chi connectivity index (χ1v) is 9.43. The minimum atomic E-state index is -0.145. The van der Waals surface area contributed by atoms with Crippen LogP contribution in [-0.2, 0) is 0 Å². The number of nitrogens with one attached hydrogen (secondary N) is 2. The molecule has 0 fully saturated rings. The monoisotopic (exact) mass is 398 g/mol. The van der Waals surface area contributed by atoms with Crippen molar-refractivity contribution in [2.24, 2.45) is 0 Å². The Bertz CT molecular complexity index is 1280. The normalized spacial score (nSPS) is 12.3. The van der Waals surface area contributed by atoms with Crippen LogP contribution in [0.15, 0.2) is 65.2 Å². The van der Waals surface area contributed by atoms with Gasteiger partial charge in [0.2, 0.25) is 0 Å². The topological polar surface area (TPSA) is 89.3 Å². The molecule has 1 aliphatic rings. The van der Waals surface area contributed by atoms with E-state index in [9.17, 15) is 4.79 Å². The van der Waals surface area contributed by atoms with Gasteiger partial charge in [0.1, 0.15) is 5.75 Å². The lowest BCUT2D eigenvalue weighted by Crippen LogP contribution is -2.10. The highest BCUT2D eigenvalue weighted by atomic mass is 16.5. The van der Waals surface area contributed by atoms with E-state index >= 15 is 0 Å². The van der Waals surface area contributed by atoms with Crippen molar-refractivity contribution in [3.63, 3.8) is 0 Å². The number of anilines is 3. The molecule has 1 amide bonds. The smallest absolute Gasteiger partial charge is 0.261 e. The van der Waals surface area contributed by atoms with Crippen molar-refractivity contribution < 1.29 is 14.1 Å². The average Bonchev–Trinajstić information content (AvgIpc) is 3.14. The van der Waals surface area contributed by atoms with Gasteiger partial charge in [-0.2, -0.15) is 4.98 Å². The maximum Gasteiger partial charge on any atom is 0.261 e. The second-order valence-corrected chi connectivity index (χ2v) is 6.95. The first-order chi connectivity index (χ1) is 14.6. The van der Waals surface area contributed by atoms with E-state index in [4.69, 9.17) is 9.26 Å². The first-order valence-electron chi connectivity index (χ1n) is 9.43. The van der Waals surface area contributed by atoms with Gasteiger partial charge in [-0.15, -0.1) is 0 Å². The second-order valence-electron chi connectivity index (χ2n) is 6.95. The minimum absolute atomic E-state index is 0.145. The van der Waals surface area contributed by atoms with Crippen LogP contribution in [0, 0.1) is 6.92 Å². The summed E-state index contributed by atoms with van der Waals surface area (Å²) in [4.78, 5) is 16.9. The summed E-state index contributed by atoms with van der Waals surface area (Å²) in [5.41, 5.74) is 5.53. The number of fused-ring (bicyclic) bond motifs is 2. The molecule has 0 aliphatic carbocycles. The Morgan fingerprint density at radius 1 is 0.867 bits per heavy atom. The summed E-state index contributed by atoms with van der Waals surface area (Å²) in [6.07, 6.45) is 0. The number of aryl methyl sites for hydroxylation is 1. The number of rotatable bonds is 3. The Kier molecular flexibility index (Phi) is 4.21. The van der Waals surface area contributed by atoms with Crippen LogP contribution in [0.25, 0.3) is 22.6 Å². The third-order valence-electron chi connectivity index (χ3n) is 5.00. The molecule has 0 unspecified atom stereocenters. The van der Waals surface area contributed by atoms with Gasteiger partial charge in [0.25, 0.3) is 11.8 Å². The molecule has 30 heavy (non-hydrogen) atoms. The lowest BCUT2D eigenvalue weighted by molar-refractivity contribution is 0.102. The fraction of sp³-hybridized carbons (Fsp3) is 0.0870. The molecule has 0 atom stereocenters. The molecule has 7 nitrogen and oxygen atoms in total. The number of nitrogens with zero attached hydrogens (tertiary/aromatic N) is 2. The van der Waals surface area contributed by atoms with E-state index < -0.39 is 0 Å². The Morgan fingerprint density at radius 2 is 1.57 bits per heavy atom. The molecular weight excluding hydrogens is 380 g/mol. The fourth-order valence-electron chi connectivity index (χ4n) is 3.52. The van der Waals surface area contributed by atoms with Gasteiger partial charge in [-0.3, -0.25) is 4.79 Å². The van der Waals surface area contributed by atoms with Gasteiger partial charge in [0.05, 0.1) is 35.3 Å². The number of benzene rings is 3. The van der Waals surface area contributed by atoms with E-state index in [1.165, 1.54) is 0 Å². The molecule has 0 spiro atoms. The van der Waals surface area contributed by atoms with E-state index in [0.29, 0.717) is 23.0 Å². The number of ether oxygens (including phenoxy) is 1. The van der Waals surface area contributed by atoms with Crippen molar-refractivity contribution in [1.29, 1.82) is 0 Å². The standard InChI is InChI=1S/C23H18N4O3/c1-13-24-23(30-27-13)17-10-8-15(12-21(17)29-2)14-7-9-16-20(11-14)25-18-5-3-4-6-19(18)26-22(16)28/h3-12,25H,1-2H3,(H,26,28). The first kappa shape index (κ1) is 17.9. The Hall–Kier alpha value is -4.13. The number of amides is 1. The van der Waals surface area contributed by atoms with Crippen LogP contribution in [-0.4, -0.2) is 23.2 Å². The summed E-state index contributed by atoms with van der Waals surface area (Å²) in [6.45, 7) is 1.77. The number of hydrogen-bond acceptors (Lipinski definition) is 6. The third-order valence-corrected chi connectivity index (χ3v) is 5.00. The van der Waals surface area contributed by atoms with Gasteiger partial charge < -0.3 is 19.9 Å². The fourth-order valence-corrected chi connectivity index (χ4v) is 3.52. The molecule has 1 aliphatic heterocycles. The highest BCUT2D eigenvalue weighted by Crippen LogP contribution is 2.37. The molecule has 0 saturated carbocycles. The minimum Gasteiger partial charge on any atom is -0.496 e. The Morgan fingerprint density at radius 3 is 2.27 bits per heavy atom. The van der Waals surface area contributed by atoms with Gasteiger partial charge in [-0.25, -0.2) is 0 Å². The van der Waals surface area contributed by atoms with Crippen molar-refractivity contribution in [1.82, 2.24) is 10.1 Å². The molecule has 0 radical (unpaired) electrons. The molecule has 0 saturated heterocycles. The number of para-hydroxylation sites is 2. The third kappa shape index (κ3) is 3.06. The molecule has 3 aromatic carbocycles. The summed E-state index contributed by atoms with van der Waals surface area (Å²) >= 11 is 0. The number of carbonyl (C=O) groups excluding carboxylic acids is 1. The Balaban J connectivity index is 1.56. The van der Waals surface area contributed by atoms with Crippen molar-refractivity contribution in [2.45, 2.75) is 6.92 Å². The molecule has 0 bridgehead atoms. The number of aromatic nitrogens is 2. The number of carbonyl (C=O) groups is 1. The lowest BCUT2D eigenvalue weighted by atomic mass is 10.00. The van der Waals surface area contributed by atoms with E-state index in [1.54, 1.807) is 14.0 Å². The van der Waals surface area contributed by atoms with Gasteiger partial charge in [-0.05, 0) is 54.4 Å². The molecule has 7 heteroatoms. The maximum atomic E-state index is 12.6. The molecule has 1 aromatic heterocycles. The van der Waals surface area contributed by atoms with Gasteiger partial charge in [0, 0.05) is 0 Å². The van der Waals surface area contributed by atoms with Gasteiger partial charge in [-0.1, -0.05) is 29.4 Å². The highest BCUT2D eigenvalue weighted by molar-refractivity contribution is 6.12. The van der Waals surface area contributed by atoms with Crippen LogP contribution in [0.4, 0.5) is 17.1 Å². The average molecular weight is 398 g/mol. The zero-order valence-corrected chi connectivity index (χ0v) is 16.4. The second kappa shape index (κ2) is 7.04. The summed E-state index contributed by atoms with van der Waals surface area (Å²) in [5, 5.41) is 10.1. The van der Waals surface area contributed by atoms with Crippen LogP contribution >= 0.6 is 0 Å². The summed E-state index contributed by atoms with van der Waals surface area (Å²) in [7, 11) is 1.60.